The van der Waals surface area contributed by atoms with Crippen LogP contribution < -0.4 is 5.73 Å². The van der Waals surface area contributed by atoms with Gasteiger partial charge in [-0.1, -0.05) is 0 Å². The molecule has 2 rings (SSSR count). The Morgan fingerprint density at radius 2 is 2.27 bits per heavy atom. The van der Waals surface area contributed by atoms with E-state index in [2.05, 4.69) is 30.7 Å². The van der Waals surface area contributed by atoms with Gasteiger partial charge in [0.2, 0.25) is 0 Å². The molecule has 84 valence electrons. The molecule has 2 atom stereocenters. The van der Waals surface area contributed by atoms with Gasteiger partial charge in [0, 0.05) is 29.2 Å². The summed E-state index contributed by atoms with van der Waals surface area (Å²) in [6.45, 7) is 7.84. The van der Waals surface area contributed by atoms with Crippen molar-refractivity contribution in [2.75, 3.05) is 6.54 Å². The van der Waals surface area contributed by atoms with Gasteiger partial charge in [-0.25, -0.2) is 0 Å². The summed E-state index contributed by atoms with van der Waals surface area (Å²) in [5.41, 5.74) is 8.27. The van der Waals surface area contributed by atoms with E-state index < -0.39 is 0 Å². The second kappa shape index (κ2) is 3.85. The molecule has 0 bridgehead atoms. The van der Waals surface area contributed by atoms with E-state index in [1.54, 1.807) is 11.3 Å². The van der Waals surface area contributed by atoms with Crippen molar-refractivity contribution in [1.82, 2.24) is 9.88 Å². The molecule has 0 radical (unpaired) electrons. The molecule has 1 aliphatic rings. The Balaban J connectivity index is 2.27. The molecule has 1 saturated heterocycles. The lowest BCUT2D eigenvalue weighted by Gasteiger charge is -2.37. The summed E-state index contributed by atoms with van der Waals surface area (Å²) < 4.78 is 0. The fourth-order valence-electron chi connectivity index (χ4n) is 2.31. The van der Waals surface area contributed by atoms with E-state index in [-0.39, 0.29) is 11.6 Å². The van der Waals surface area contributed by atoms with E-state index in [9.17, 15) is 0 Å². The lowest BCUT2D eigenvalue weighted by atomic mass is 10.0. The van der Waals surface area contributed by atoms with E-state index in [4.69, 9.17) is 5.73 Å². The number of hydrogen-bond acceptors (Lipinski definition) is 4. The second-order valence-electron chi connectivity index (χ2n) is 5.17. The molecule has 1 fully saturated rings. The van der Waals surface area contributed by atoms with Crippen molar-refractivity contribution in [1.29, 1.82) is 0 Å². The Labute approximate surface area is 95.3 Å². The van der Waals surface area contributed by atoms with Crippen LogP contribution >= 0.6 is 11.3 Å². The van der Waals surface area contributed by atoms with Gasteiger partial charge in [-0.3, -0.25) is 9.88 Å². The van der Waals surface area contributed by atoms with Crippen molar-refractivity contribution >= 4 is 11.3 Å². The third-order valence-electron chi connectivity index (χ3n) is 3.05. The molecule has 1 aromatic rings. The number of hydrogen-bond donors (Lipinski definition) is 1. The maximum atomic E-state index is 6.19. The summed E-state index contributed by atoms with van der Waals surface area (Å²) >= 11 is 1.71. The van der Waals surface area contributed by atoms with Crippen molar-refractivity contribution in [2.45, 2.75) is 44.8 Å². The lowest BCUT2D eigenvalue weighted by molar-refractivity contribution is 0.119. The molecule has 2 N–H and O–H groups in total. The van der Waals surface area contributed by atoms with Gasteiger partial charge >= 0.3 is 0 Å². The van der Waals surface area contributed by atoms with E-state index in [0.29, 0.717) is 6.04 Å². The highest BCUT2D eigenvalue weighted by Gasteiger charge is 2.39. The van der Waals surface area contributed by atoms with Crippen molar-refractivity contribution in [3.05, 3.63) is 16.6 Å². The maximum Gasteiger partial charge on any atom is 0.0794 e. The molecule has 1 aromatic heterocycles. The molecular weight excluding hydrogens is 206 g/mol. The molecule has 0 aliphatic carbocycles. The summed E-state index contributed by atoms with van der Waals surface area (Å²) in [6, 6.07) is 0.613. The van der Waals surface area contributed by atoms with Crippen LogP contribution in [0.15, 0.2) is 11.7 Å². The summed E-state index contributed by atoms with van der Waals surface area (Å²) in [5.74, 6) is 0. The number of aromatic nitrogens is 1. The van der Waals surface area contributed by atoms with Gasteiger partial charge in [0.15, 0.2) is 0 Å². The fourth-order valence-corrected chi connectivity index (χ4v) is 3.11. The molecule has 1 aliphatic heterocycles. The third kappa shape index (κ3) is 2.07. The topological polar surface area (TPSA) is 42.1 Å². The number of thiazole rings is 1. The van der Waals surface area contributed by atoms with Crippen LogP contribution in [-0.4, -0.2) is 28.0 Å². The monoisotopic (exact) mass is 225 g/mol. The van der Waals surface area contributed by atoms with Crippen LogP contribution in [0.4, 0.5) is 0 Å². The Hall–Kier alpha value is -0.450. The van der Waals surface area contributed by atoms with Crippen molar-refractivity contribution in [3.63, 3.8) is 0 Å². The molecule has 0 spiro atoms. The predicted molar refractivity (Wildman–Crippen MR) is 63.9 cm³/mol. The zero-order valence-corrected chi connectivity index (χ0v) is 10.4. The van der Waals surface area contributed by atoms with Crippen molar-refractivity contribution in [2.24, 2.45) is 5.73 Å². The van der Waals surface area contributed by atoms with Crippen LogP contribution in [0.3, 0.4) is 0 Å². The van der Waals surface area contributed by atoms with Gasteiger partial charge in [-0.05, 0) is 27.2 Å². The normalized spacial score (nSPS) is 28.5. The lowest BCUT2D eigenvalue weighted by Crippen LogP contribution is -2.43. The van der Waals surface area contributed by atoms with Crippen LogP contribution in [0.1, 0.15) is 38.1 Å². The van der Waals surface area contributed by atoms with E-state index in [1.165, 1.54) is 4.88 Å². The molecule has 0 amide bonds. The van der Waals surface area contributed by atoms with Crippen LogP contribution in [0.25, 0.3) is 0 Å². The highest BCUT2D eigenvalue weighted by Crippen LogP contribution is 2.37. The third-order valence-corrected chi connectivity index (χ3v) is 3.90. The molecule has 2 unspecified atom stereocenters. The fraction of sp³-hybridized carbons (Fsp3) is 0.727. The molecule has 0 aromatic carbocycles. The van der Waals surface area contributed by atoms with Crippen LogP contribution in [-0.2, 0) is 0 Å². The Bertz CT molecular complexity index is 315. The summed E-state index contributed by atoms with van der Waals surface area (Å²) in [5, 5.41) is 0. The predicted octanol–water partition coefficient (Wildman–Crippen LogP) is 2.02. The maximum absolute atomic E-state index is 6.19. The minimum absolute atomic E-state index is 0.183. The molecule has 2 heterocycles. The van der Waals surface area contributed by atoms with E-state index in [1.807, 2.05) is 11.7 Å². The first-order valence-electron chi connectivity index (χ1n) is 5.41. The standard InChI is InChI=1S/C11H19N3S/c1-11(2,3)14-5-4-8(12)10(14)9-6-13-7-15-9/h6-8,10H,4-5,12H2,1-3H3. The molecule has 4 heteroatoms. The number of nitrogens with zero attached hydrogens (tertiary/aromatic N) is 2. The first-order valence-corrected chi connectivity index (χ1v) is 6.29. The number of nitrogens with two attached hydrogens (primary N) is 1. The molecule has 15 heavy (non-hydrogen) atoms. The Kier molecular flexibility index (Phi) is 2.83. The van der Waals surface area contributed by atoms with Gasteiger partial charge in [0.1, 0.15) is 0 Å². The minimum atomic E-state index is 0.183. The van der Waals surface area contributed by atoms with E-state index in [0.717, 1.165) is 13.0 Å². The van der Waals surface area contributed by atoms with Gasteiger partial charge < -0.3 is 5.73 Å². The minimum Gasteiger partial charge on any atom is -0.326 e. The number of rotatable bonds is 1. The number of likely N-dealkylation sites (tertiary alicyclic amines) is 1. The second-order valence-corrected chi connectivity index (χ2v) is 6.08. The van der Waals surface area contributed by atoms with Gasteiger partial charge in [0.25, 0.3) is 0 Å². The highest BCUT2D eigenvalue weighted by molar-refractivity contribution is 7.09. The quantitative estimate of drug-likeness (QED) is 0.795. The van der Waals surface area contributed by atoms with Gasteiger partial charge in [-0.2, -0.15) is 0 Å². The summed E-state index contributed by atoms with van der Waals surface area (Å²) in [6.07, 6.45) is 3.04. The SMILES string of the molecule is CC(C)(C)N1CCC(N)C1c1cncs1. The van der Waals surface area contributed by atoms with Gasteiger partial charge in [0.05, 0.1) is 11.6 Å². The Morgan fingerprint density at radius 1 is 1.53 bits per heavy atom. The van der Waals surface area contributed by atoms with Crippen molar-refractivity contribution in [3.8, 4) is 0 Å². The van der Waals surface area contributed by atoms with Crippen molar-refractivity contribution < 1.29 is 0 Å². The Morgan fingerprint density at radius 3 is 2.80 bits per heavy atom. The van der Waals surface area contributed by atoms with Crippen LogP contribution in [0.5, 0.6) is 0 Å². The summed E-state index contributed by atoms with van der Waals surface area (Å²) in [4.78, 5) is 7.95. The molecular formula is C11H19N3S. The summed E-state index contributed by atoms with van der Waals surface area (Å²) in [7, 11) is 0. The zero-order valence-electron chi connectivity index (χ0n) is 9.60. The van der Waals surface area contributed by atoms with Gasteiger partial charge in [-0.15, -0.1) is 11.3 Å². The van der Waals surface area contributed by atoms with E-state index >= 15 is 0 Å². The first kappa shape index (κ1) is 11.0. The average Bonchev–Trinajstić information content (AvgIpc) is 2.69. The van der Waals surface area contributed by atoms with Crippen LogP contribution in [0, 0.1) is 0 Å². The highest BCUT2D eigenvalue weighted by atomic mass is 32.1. The molecule has 0 saturated carbocycles. The van der Waals surface area contributed by atoms with Crippen LogP contribution in [0.2, 0.25) is 0 Å². The first-order chi connectivity index (χ1) is 7.00. The smallest absolute Gasteiger partial charge is 0.0794 e. The largest absolute Gasteiger partial charge is 0.326 e. The average molecular weight is 225 g/mol. The zero-order chi connectivity index (χ0) is 11.1. The molecule has 3 nitrogen and oxygen atoms in total.